The number of carbonyl (C=O) groups excluding carboxylic acids is 1. The molecule has 4 rings (SSSR count). The van der Waals surface area contributed by atoms with Gasteiger partial charge in [0, 0.05) is 37.8 Å². The lowest BCUT2D eigenvalue weighted by Crippen LogP contribution is -2.46. The summed E-state index contributed by atoms with van der Waals surface area (Å²) >= 11 is 0. The summed E-state index contributed by atoms with van der Waals surface area (Å²) in [5.74, 6) is 1.29. The van der Waals surface area contributed by atoms with E-state index in [0.29, 0.717) is 17.9 Å². The van der Waals surface area contributed by atoms with Gasteiger partial charge in [0.1, 0.15) is 17.8 Å². The number of benzene rings is 2. The van der Waals surface area contributed by atoms with Crippen molar-refractivity contribution in [1.82, 2.24) is 4.90 Å². The molecule has 0 atom stereocenters. The first-order valence-electron chi connectivity index (χ1n) is 10.6. The van der Waals surface area contributed by atoms with Gasteiger partial charge in [-0.05, 0) is 12.1 Å². The summed E-state index contributed by atoms with van der Waals surface area (Å²) in [6, 6.07) is 18.3. The second-order valence-corrected chi connectivity index (χ2v) is 7.59. The number of anilines is 1. The third-order valence-electron chi connectivity index (χ3n) is 5.48. The number of Topliss-reactive ketones (excluding diaryl/α,β-unsaturated/α-hetero) is 1. The van der Waals surface area contributed by atoms with E-state index in [1.54, 1.807) is 31.4 Å². The first-order chi connectivity index (χ1) is 15.6. The van der Waals surface area contributed by atoms with Gasteiger partial charge in [-0.3, -0.25) is 14.5 Å². The first kappa shape index (κ1) is 21.6. The number of para-hydroxylation sites is 2. The number of ketones is 1. The Balaban J connectivity index is 1.30. The van der Waals surface area contributed by atoms with Crippen LogP contribution < -0.4 is 19.8 Å². The minimum absolute atomic E-state index is 0.0408. The quantitative estimate of drug-likeness (QED) is 0.504. The van der Waals surface area contributed by atoms with Gasteiger partial charge in [-0.25, -0.2) is 0 Å². The van der Waals surface area contributed by atoms with Crippen LogP contribution in [0.2, 0.25) is 0 Å². The van der Waals surface area contributed by atoms with E-state index in [9.17, 15) is 9.59 Å². The van der Waals surface area contributed by atoms with E-state index in [2.05, 4.69) is 15.9 Å². The summed E-state index contributed by atoms with van der Waals surface area (Å²) in [4.78, 5) is 29.1. The number of rotatable bonds is 8. The van der Waals surface area contributed by atoms with Gasteiger partial charge in [-0.1, -0.05) is 42.5 Å². The first-order valence-corrected chi connectivity index (χ1v) is 10.6. The average molecular weight is 434 g/mol. The fourth-order valence-corrected chi connectivity index (χ4v) is 3.74. The summed E-state index contributed by atoms with van der Waals surface area (Å²) < 4.78 is 16.5. The van der Waals surface area contributed by atoms with Crippen LogP contribution in [-0.4, -0.2) is 50.6 Å². The van der Waals surface area contributed by atoms with Crippen LogP contribution in [0.1, 0.15) is 16.1 Å². The van der Waals surface area contributed by atoms with E-state index in [0.717, 1.165) is 37.6 Å². The highest BCUT2D eigenvalue weighted by Gasteiger charge is 2.20. The molecule has 7 nitrogen and oxygen atoms in total. The molecule has 0 N–H and O–H groups in total. The predicted molar refractivity (Wildman–Crippen MR) is 122 cm³/mol. The lowest BCUT2D eigenvalue weighted by atomic mass is 10.1. The van der Waals surface area contributed by atoms with Crippen LogP contribution in [0.4, 0.5) is 5.69 Å². The number of piperazine rings is 1. The SMILES string of the molecule is COc1ccccc1N1CCN(Cc2cc(=O)c(OCC(=O)c3ccccc3)co2)CC1. The molecule has 32 heavy (non-hydrogen) atoms. The molecule has 2 aromatic carbocycles. The molecule has 0 bridgehead atoms. The fourth-order valence-electron chi connectivity index (χ4n) is 3.74. The molecular weight excluding hydrogens is 408 g/mol. The summed E-state index contributed by atoms with van der Waals surface area (Å²) in [5.41, 5.74) is 1.34. The monoisotopic (exact) mass is 434 g/mol. The van der Waals surface area contributed by atoms with Gasteiger partial charge in [-0.15, -0.1) is 0 Å². The van der Waals surface area contributed by atoms with Crippen molar-refractivity contribution in [3.8, 4) is 11.5 Å². The Labute approximate surface area is 186 Å². The summed E-state index contributed by atoms with van der Waals surface area (Å²) in [6.45, 7) is 3.72. The van der Waals surface area contributed by atoms with Crippen LogP contribution in [0.5, 0.6) is 11.5 Å². The van der Waals surface area contributed by atoms with Crippen molar-refractivity contribution >= 4 is 11.5 Å². The van der Waals surface area contributed by atoms with Gasteiger partial charge in [0.05, 0.1) is 19.3 Å². The largest absolute Gasteiger partial charge is 0.495 e. The fraction of sp³-hybridized carbons (Fsp3) is 0.280. The average Bonchev–Trinajstić information content (AvgIpc) is 2.84. The lowest BCUT2D eigenvalue weighted by Gasteiger charge is -2.36. The molecule has 1 aromatic heterocycles. The molecule has 1 saturated heterocycles. The van der Waals surface area contributed by atoms with E-state index in [-0.39, 0.29) is 23.6 Å². The summed E-state index contributed by atoms with van der Waals surface area (Å²) in [6.07, 6.45) is 1.29. The van der Waals surface area contributed by atoms with Crippen LogP contribution in [0.3, 0.4) is 0 Å². The van der Waals surface area contributed by atoms with Crippen molar-refractivity contribution in [3.05, 3.63) is 88.5 Å². The van der Waals surface area contributed by atoms with Gasteiger partial charge in [-0.2, -0.15) is 0 Å². The number of ether oxygens (including phenoxy) is 2. The minimum Gasteiger partial charge on any atom is -0.495 e. The number of nitrogens with zero attached hydrogens (tertiary/aromatic N) is 2. The molecule has 3 aromatic rings. The smallest absolute Gasteiger partial charge is 0.227 e. The normalized spacial score (nSPS) is 14.2. The summed E-state index contributed by atoms with van der Waals surface area (Å²) in [7, 11) is 1.68. The number of hydrogen-bond acceptors (Lipinski definition) is 7. The summed E-state index contributed by atoms with van der Waals surface area (Å²) in [5, 5.41) is 0. The predicted octanol–water partition coefficient (Wildman–Crippen LogP) is 3.23. The van der Waals surface area contributed by atoms with Crippen molar-refractivity contribution in [2.75, 3.05) is 44.8 Å². The lowest BCUT2D eigenvalue weighted by molar-refractivity contribution is 0.0919. The van der Waals surface area contributed by atoms with Gasteiger partial charge in [0.25, 0.3) is 0 Å². The maximum absolute atomic E-state index is 12.4. The molecule has 0 aliphatic carbocycles. The zero-order chi connectivity index (χ0) is 22.3. The van der Waals surface area contributed by atoms with Crippen LogP contribution in [0.15, 0.2) is 76.1 Å². The Morgan fingerprint density at radius 2 is 1.69 bits per heavy atom. The Hall–Kier alpha value is -3.58. The van der Waals surface area contributed by atoms with E-state index in [1.807, 2.05) is 24.3 Å². The van der Waals surface area contributed by atoms with Crippen LogP contribution in [-0.2, 0) is 6.54 Å². The van der Waals surface area contributed by atoms with E-state index in [1.165, 1.54) is 12.3 Å². The van der Waals surface area contributed by atoms with E-state index >= 15 is 0 Å². The van der Waals surface area contributed by atoms with Gasteiger partial charge in [0.15, 0.2) is 12.4 Å². The standard InChI is InChI=1S/C25H26N2O5/c1-30-24-10-6-5-9-21(24)27-13-11-26(12-14-27)16-20-15-22(28)25(18-31-20)32-17-23(29)19-7-3-2-4-8-19/h2-10,15,18H,11-14,16-17H2,1H3. The molecule has 0 amide bonds. The molecule has 7 heteroatoms. The van der Waals surface area contributed by atoms with Crippen molar-refractivity contribution < 1.29 is 18.7 Å². The van der Waals surface area contributed by atoms with Crippen LogP contribution >= 0.6 is 0 Å². The molecular formula is C25H26N2O5. The van der Waals surface area contributed by atoms with Crippen molar-refractivity contribution in [2.24, 2.45) is 0 Å². The van der Waals surface area contributed by atoms with Crippen molar-refractivity contribution in [3.63, 3.8) is 0 Å². The third kappa shape index (κ3) is 5.18. The van der Waals surface area contributed by atoms with Gasteiger partial charge < -0.3 is 18.8 Å². The maximum atomic E-state index is 12.4. The van der Waals surface area contributed by atoms with Crippen LogP contribution in [0, 0.1) is 0 Å². The molecule has 1 aliphatic rings. The van der Waals surface area contributed by atoms with Gasteiger partial charge >= 0.3 is 0 Å². The number of carbonyl (C=O) groups is 1. The second-order valence-electron chi connectivity index (χ2n) is 7.59. The molecule has 1 fully saturated rings. The Morgan fingerprint density at radius 1 is 0.969 bits per heavy atom. The third-order valence-corrected chi connectivity index (χ3v) is 5.48. The minimum atomic E-state index is -0.292. The topological polar surface area (TPSA) is 72.2 Å². The Kier molecular flexibility index (Phi) is 6.87. The Bertz CT molecular complexity index is 1100. The molecule has 1 aliphatic heterocycles. The maximum Gasteiger partial charge on any atom is 0.227 e. The van der Waals surface area contributed by atoms with E-state index < -0.39 is 0 Å². The van der Waals surface area contributed by atoms with Crippen molar-refractivity contribution in [2.45, 2.75) is 6.54 Å². The highest BCUT2D eigenvalue weighted by atomic mass is 16.5. The second kappa shape index (κ2) is 10.2. The zero-order valence-electron chi connectivity index (χ0n) is 18.0. The Morgan fingerprint density at radius 3 is 2.41 bits per heavy atom. The van der Waals surface area contributed by atoms with Crippen molar-refractivity contribution in [1.29, 1.82) is 0 Å². The number of methoxy groups -OCH3 is 1. The molecule has 0 unspecified atom stereocenters. The van der Waals surface area contributed by atoms with Crippen LogP contribution in [0.25, 0.3) is 0 Å². The van der Waals surface area contributed by atoms with Gasteiger partial charge in [0.2, 0.25) is 11.2 Å². The molecule has 166 valence electrons. The molecule has 0 spiro atoms. The highest BCUT2D eigenvalue weighted by Crippen LogP contribution is 2.28. The molecule has 2 heterocycles. The highest BCUT2D eigenvalue weighted by molar-refractivity contribution is 5.97. The molecule has 0 saturated carbocycles. The zero-order valence-corrected chi connectivity index (χ0v) is 18.0. The molecule has 0 radical (unpaired) electrons. The number of hydrogen-bond donors (Lipinski definition) is 0. The van der Waals surface area contributed by atoms with E-state index in [4.69, 9.17) is 13.9 Å².